The van der Waals surface area contributed by atoms with Crippen LogP contribution in [-0.4, -0.2) is 25.3 Å². The Kier molecular flexibility index (Phi) is 8.93. The number of hydrogen-bond donors (Lipinski definition) is 2. The zero-order valence-electron chi connectivity index (χ0n) is 18.6. The lowest BCUT2D eigenvalue weighted by Crippen LogP contribution is -2.45. The first-order valence-electron chi connectivity index (χ1n) is 11.3. The SMILES string of the molecule is N#CC(C=O)C(=O)NCCCCCNC(c1ccccc1)(c1ccccc1)c1ccccc1. The minimum absolute atomic E-state index is 0.371. The normalized spacial score (nSPS) is 11.8. The molecule has 2 N–H and O–H groups in total. The van der Waals surface area contributed by atoms with Crippen molar-refractivity contribution in [3.8, 4) is 6.07 Å². The van der Waals surface area contributed by atoms with Gasteiger partial charge in [-0.25, -0.2) is 0 Å². The summed E-state index contributed by atoms with van der Waals surface area (Å²) in [6.07, 6.45) is 2.97. The number of carbonyl (C=O) groups is 2. The summed E-state index contributed by atoms with van der Waals surface area (Å²) in [6, 6.07) is 33.1. The maximum Gasteiger partial charge on any atom is 0.244 e. The van der Waals surface area contributed by atoms with Gasteiger partial charge in [-0.1, -0.05) is 97.4 Å². The second-order valence-corrected chi connectivity index (χ2v) is 7.87. The van der Waals surface area contributed by atoms with Crippen LogP contribution in [-0.2, 0) is 15.1 Å². The van der Waals surface area contributed by atoms with Crippen LogP contribution in [0.2, 0.25) is 0 Å². The first kappa shape index (κ1) is 23.9. The van der Waals surface area contributed by atoms with E-state index in [2.05, 4.69) is 83.4 Å². The number of rotatable bonds is 12. The van der Waals surface area contributed by atoms with Crippen LogP contribution in [0.1, 0.15) is 36.0 Å². The second kappa shape index (κ2) is 12.3. The Balaban J connectivity index is 1.71. The lowest BCUT2D eigenvalue weighted by atomic mass is 9.77. The van der Waals surface area contributed by atoms with Crippen LogP contribution in [0.15, 0.2) is 91.0 Å². The zero-order valence-corrected chi connectivity index (χ0v) is 18.6. The van der Waals surface area contributed by atoms with Crippen molar-refractivity contribution in [3.05, 3.63) is 108 Å². The molecule has 1 unspecified atom stereocenters. The van der Waals surface area contributed by atoms with E-state index in [4.69, 9.17) is 5.26 Å². The molecule has 1 amide bonds. The highest BCUT2D eigenvalue weighted by Gasteiger charge is 2.35. The number of hydrogen-bond acceptors (Lipinski definition) is 4. The van der Waals surface area contributed by atoms with Gasteiger partial charge in [-0.05, 0) is 36.1 Å². The Morgan fingerprint density at radius 2 is 1.24 bits per heavy atom. The average molecular weight is 440 g/mol. The molecule has 0 saturated heterocycles. The molecule has 0 aliphatic rings. The van der Waals surface area contributed by atoms with Gasteiger partial charge in [0.1, 0.15) is 6.29 Å². The summed E-state index contributed by atoms with van der Waals surface area (Å²) in [4.78, 5) is 22.4. The average Bonchev–Trinajstić information content (AvgIpc) is 2.88. The van der Waals surface area contributed by atoms with Gasteiger partial charge in [0, 0.05) is 6.54 Å². The Hall–Kier alpha value is -3.75. The minimum Gasteiger partial charge on any atom is -0.355 e. The Morgan fingerprint density at radius 3 is 1.67 bits per heavy atom. The van der Waals surface area contributed by atoms with Gasteiger partial charge >= 0.3 is 0 Å². The van der Waals surface area contributed by atoms with E-state index >= 15 is 0 Å². The summed E-state index contributed by atoms with van der Waals surface area (Å²) in [5.41, 5.74) is 3.03. The van der Waals surface area contributed by atoms with Crippen molar-refractivity contribution in [2.45, 2.75) is 24.8 Å². The number of nitriles is 1. The van der Waals surface area contributed by atoms with Gasteiger partial charge in [-0.3, -0.25) is 10.1 Å². The molecule has 168 valence electrons. The molecule has 33 heavy (non-hydrogen) atoms. The zero-order chi connectivity index (χ0) is 23.4. The van der Waals surface area contributed by atoms with Crippen LogP contribution >= 0.6 is 0 Å². The van der Waals surface area contributed by atoms with Crippen LogP contribution < -0.4 is 10.6 Å². The molecule has 5 nitrogen and oxygen atoms in total. The van der Waals surface area contributed by atoms with Gasteiger partial charge < -0.3 is 10.1 Å². The molecule has 0 saturated carbocycles. The van der Waals surface area contributed by atoms with Crippen molar-refractivity contribution in [1.29, 1.82) is 5.26 Å². The number of unbranched alkanes of at least 4 members (excludes halogenated alkanes) is 2. The van der Waals surface area contributed by atoms with Gasteiger partial charge in [-0.2, -0.15) is 5.26 Å². The third-order valence-corrected chi connectivity index (χ3v) is 5.72. The van der Waals surface area contributed by atoms with Gasteiger partial charge in [-0.15, -0.1) is 0 Å². The van der Waals surface area contributed by atoms with Crippen molar-refractivity contribution in [2.75, 3.05) is 13.1 Å². The highest BCUT2D eigenvalue weighted by molar-refractivity contribution is 5.94. The predicted octanol–water partition coefficient (Wildman–Crippen LogP) is 4.19. The van der Waals surface area contributed by atoms with Crippen LogP contribution in [0.3, 0.4) is 0 Å². The lowest BCUT2D eigenvalue weighted by molar-refractivity contribution is -0.126. The van der Waals surface area contributed by atoms with E-state index in [1.54, 1.807) is 6.07 Å². The second-order valence-electron chi connectivity index (χ2n) is 7.87. The molecule has 0 radical (unpaired) electrons. The van der Waals surface area contributed by atoms with E-state index in [0.29, 0.717) is 12.8 Å². The molecule has 3 aromatic rings. The number of nitrogens with one attached hydrogen (secondary N) is 2. The van der Waals surface area contributed by atoms with Crippen molar-refractivity contribution >= 4 is 12.2 Å². The van der Waals surface area contributed by atoms with E-state index in [0.717, 1.165) is 25.8 Å². The first-order chi connectivity index (χ1) is 16.2. The Bertz CT molecular complexity index is 950. The summed E-state index contributed by atoms with van der Waals surface area (Å²) < 4.78 is 0. The smallest absolute Gasteiger partial charge is 0.244 e. The molecule has 1 atom stereocenters. The van der Waals surface area contributed by atoms with E-state index in [-0.39, 0.29) is 0 Å². The van der Waals surface area contributed by atoms with Crippen molar-refractivity contribution in [2.24, 2.45) is 5.92 Å². The topological polar surface area (TPSA) is 82.0 Å². The molecule has 0 fully saturated rings. The van der Waals surface area contributed by atoms with E-state index in [1.165, 1.54) is 16.7 Å². The first-order valence-corrected chi connectivity index (χ1v) is 11.3. The maximum absolute atomic E-state index is 11.7. The molecular formula is C28H29N3O2. The Morgan fingerprint density at radius 1 is 0.788 bits per heavy atom. The van der Waals surface area contributed by atoms with Crippen molar-refractivity contribution < 1.29 is 9.59 Å². The fourth-order valence-electron chi connectivity index (χ4n) is 4.05. The largest absolute Gasteiger partial charge is 0.355 e. The molecule has 0 bridgehead atoms. The third kappa shape index (κ3) is 5.94. The number of benzene rings is 3. The molecule has 0 aromatic heterocycles. The lowest BCUT2D eigenvalue weighted by Gasteiger charge is -2.37. The van der Waals surface area contributed by atoms with Crippen LogP contribution in [0.4, 0.5) is 0 Å². The third-order valence-electron chi connectivity index (χ3n) is 5.72. The van der Waals surface area contributed by atoms with Crippen molar-refractivity contribution in [3.63, 3.8) is 0 Å². The van der Waals surface area contributed by atoms with Gasteiger partial charge in [0.15, 0.2) is 5.92 Å². The minimum atomic E-state index is -1.23. The predicted molar refractivity (Wildman–Crippen MR) is 129 cm³/mol. The van der Waals surface area contributed by atoms with E-state index < -0.39 is 17.4 Å². The monoisotopic (exact) mass is 439 g/mol. The summed E-state index contributed by atoms with van der Waals surface area (Å²) in [5.74, 6) is -1.75. The van der Waals surface area contributed by atoms with Crippen molar-refractivity contribution in [1.82, 2.24) is 10.6 Å². The summed E-state index contributed by atoms with van der Waals surface area (Å²) in [7, 11) is 0. The van der Waals surface area contributed by atoms with Crippen LogP contribution in [0.5, 0.6) is 0 Å². The molecule has 3 rings (SSSR count). The maximum atomic E-state index is 11.7. The summed E-state index contributed by atoms with van der Waals surface area (Å²) in [5, 5.41) is 15.3. The molecule has 0 aliphatic heterocycles. The number of nitrogens with zero attached hydrogens (tertiary/aromatic N) is 1. The van der Waals surface area contributed by atoms with Gasteiger partial charge in [0.05, 0.1) is 11.6 Å². The molecule has 0 aliphatic carbocycles. The number of carbonyl (C=O) groups excluding carboxylic acids is 2. The summed E-state index contributed by atoms with van der Waals surface area (Å²) in [6.45, 7) is 1.23. The fraction of sp³-hybridized carbons (Fsp3) is 0.250. The molecular weight excluding hydrogens is 410 g/mol. The molecule has 5 heteroatoms. The van der Waals surface area contributed by atoms with Gasteiger partial charge in [0.25, 0.3) is 0 Å². The standard InChI is InChI=1S/C28H29N3O2/c29-21-23(22-32)27(33)30-19-11-4-12-20-31-28(24-13-5-1-6-14-24,25-15-7-2-8-16-25)26-17-9-3-10-18-26/h1-3,5-10,13-18,22-23,31H,4,11-12,19-20H2,(H,30,33). The molecule has 3 aromatic carbocycles. The summed E-state index contributed by atoms with van der Waals surface area (Å²) >= 11 is 0. The highest BCUT2D eigenvalue weighted by atomic mass is 16.2. The molecule has 0 heterocycles. The Labute approximate surface area is 195 Å². The highest BCUT2D eigenvalue weighted by Crippen LogP contribution is 2.36. The number of aldehydes is 1. The quantitative estimate of drug-likeness (QED) is 0.192. The van der Waals surface area contributed by atoms with E-state index in [1.807, 2.05) is 18.2 Å². The van der Waals surface area contributed by atoms with Gasteiger partial charge in [0.2, 0.25) is 5.91 Å². The van der Waals surface area contributed by atoms with Crippen LogP contribution in [0.25, 0.3) is 0 Å². The fourth-order valence-corrected chi connectivity index (χ4v) is 4.05. The van der Waals surface area contributed by atoms with E-state index in [9.17, 15) is 9.59 Å². The molecule has 0 spiro atoms. The van der Waals surface area contributed by atoms with Crippen LogP contribution in [0, 0.1) is 17.2 Å². The number of amides is 1.